The number of nitrogens with one attached hydrogen (secondary N) is 2. The summed E-state index contributed by atoms with van der Waals surface area (Å²) in [6.45, 7) is 6.07. The van der Waals surface area contributed by atoms with Crippen molar-refractivity contribution in [3.63, 3.8) is 0 Å². The summed E-state index contributed by atoms with van der Waals surface area (Å²) < 4.78 is 0. The van der Waals surface area contributed by atoms with Crippen LogP contribution in [0.4, 0.5) is 4.79 Å². The Morgan fingerprint density at radius 2 is 2.12 bits per heavy atom. The van der Waals surface area contributed by atoms with Crippen molar-refractivity contribution in [2.75, 3.05) is 13.1 Å². The molecule has 4 nitrogen and oxygen atoms in total. The summed E-state index contributed by atoms with van der Waals surface area (Å²) in [5, 5.41) is 6.57. The molecular formula is C13H25N3O. The first-order chi connectivity index (χ1) is 8.18. The average Bonchev–Trinajstić information content (AvgIpc) is 2.81. The zero-order valence-electron chi connectivity index (χ0n) is 11.0. The molecule has 98 valence electrons. The molecule has 2 fully saturated rings. The first-order valence-corrected chi connectivity index (χ1v) is 6.99. The Morgan fingerprint density at radius 3 is 2.76 bits per heavy atom. The maximum absolute atomic E-state index is 12.2. The second-order valence-corrected chi connectivity index (χ2v) is 5.56. The van der Waals surface area contributed by atoms with Gasteiger partial charge in [-0.1, -0.05) is 0 Å². The van der Waals surface area contributed by atoms with Crippen molar-refractivity contribution in [1.82, 2.24) is 15.5 Å². The molecule has 2 aliphatic heterocycles. The number of hydrogen-bond acceptors (Lipinski definition) is 2. The fraction of sp³-hybridized carbons (Fsp3) is 0.923. The third kappa shape index (κ3) is 3.12. The molecule has 0 aliphatic carbocycles. The van der Waals surface area contributed by atoms with Gasteiger partial charge in [0.15, 0.2) is 0 Å². The van der Waals surface area contributed by atoms with Crippen molar-refractivity contribution in [1.29, 1.82) is 0 Å². The predicted octanol–water partition coefficient (Wildman–Crippen LogP) is 1.71. The lowest BCUT2D eigenvalue weighted by Crippen LogP contribution is -2.56. The van der Waals surface area contributed by atoms with E-state index in [-0.39, 0.29) is 12.1 Å². The minimum absolute atomic E-state index is 0.124. The lowest BCUT2D eigenvalue weighted by Gasteiger charge is -2.39. The van der Waals surface area contributed by atoms with Crippen LogP contribution < -0.4 is 10.6 Å². The molecule has 0 spiro atoms. The highest BCUT2D eigenvalue weighted by atomic mass is 16.2. The lowest BCUT2D eigenvalue weighted by molar-refractivity contribution is 0.131. The first kappa shape index (κ1) is 12.7. The maximum atomic E-state index is 12.2. The molecule has 2 saturated heterocycles. The molecule has 0 saturated carbocycles. The summed E-state index contributed by atoms with van der Waals surface area (Å²) in [7, 11) is 0. The number of carbonyl (C=O) groups is 1. The Balaban J connectivity index is 1.98. The van der Waals surface area contributed by atoms with E-state index in [0.717, 1.165) is 25.9 Å². The van der Waals surface area contributed by atoms with Gasteiger partial charge in [0.25, 0.3) is 0 Å². The van der Waals surface area contributed by atoms with Gasteiger partial charge in [0.05, 0.1) is 0 Å². The molecule has 2 aliphatic rings. The summed E-state index contributed by atoms with van der Waals surface area (Å²) >= 11 is 0. The Labute approximate surface area is 104 Å². The van der Waals surface area contributed by atoms with E-state index >= 15 is 0 Å². The molecule has 2 amide bonds. The molecular weight excluding hydrogens is 214 g/mol. The number of urea groups is 1. The van der Waals surface area contributed by atoms with Crippen LogP contribution in [0.1, 0.15) is 46.0 Å². The summed E-state index contributed by atoms with van der Waals surface area (Å²) in [6, 6.07) is 1.28. The minimum atomic E-state index is 0.124. The molecule has 2 rings (SSSR count). The van der Waals surface area contributed by atoms with E-state index in [1.807, 2.05) is 13.8 Å². The standard InChI is InChI=1S/C13H25N3O/c1-10(2)15-13(17)16-9-4-3-7-12(16)11-6-5-8-14-11/h10-12,14H,3-9H2,1-2H3,(H,15,17). The zero-order chi connectivity index (χ0) is 12.3. The number of hydrogen-bond donors (Lipinski definition) is 2. The molecule has 0 aromatic heterocycles. The van der Waals surface area contributed by atoms with Gasteiger partial charge in [-0.3, -0.25) is 0 Å². The van der Waals surface area contributed by atoms with Crippen LogP contribution in [0.15, 0.2) is 0 Å². The van der Waals surface area contributed by atoms with Crippen LogP contribution in [0.2, 0.25) is 0 Å². The molecule has 2 heterocycles. The number of carbonyl (C=O) groups excluding carboxylic acids is 1. The summed E-state index contributed by atoms with van der Waals surface area (Å²) in [6.07, 6.45) is 6.03. The van der Waals surface area contributed by atoms with Crippen molar-refractivity contribution in [2.45, 2.75) is 64.1 Å². The van der Waals surface area contributed by atoms with E-state index in [0.29, 0.717) is 12.1 Å². The molecule has 2 N–H and O–H groups in total. The van der Waals surface area contributed by atoms with Gasteiger partial charge in [-0.15, -0.1) is 0 Å². The quantitative estimate of drug-likeness (QED) is 0.770. The van der Waals surface area contributed by atoms with Crippen LogP contribution in [0.3, 0.4) is 0 Å². The predicted molar refractivity (Wildman–Crippen MR) is 69.0 cm³/mol. The Bertz CT molecular complexity index is 261. The number of rotatable bonds is 2. The summed E-state index contributed by atoms with van der Waals surface area (Å²) in [5.74, 6) is 0. The maximum Gasteiger partial charge on any atom is 0.317 e. The first-order valence-electron chi connectivity index (χ1n) is 6.99. The van der Waals surface area contributed by atoms with Crippen LogP contribution >= 0.6 is 0 Å². The Morgan fingerprint density at radius 1 is 1.29 bits per heavy atom. The molecule has 4 heteroatoms. The topological polar surface area (TPSA) is 44.4 Å². The van der Waals surface area contributed by atoms with Crippen LogP contribution in [-0.4, -0.2) is 42.1 Å². The van der Waals surface area contributed by atoms with E-state index in [1.54, 1.807) is 0 Å². The second-order valence-electron chi connectivity index (χ2n) is 5.56. The molecule has 0 aromatic rings. The van der Waals surface area contributed by atoms with Gasteiger partial charge >= 0.3 is 6.03 Å². The van der Waals surface area contributed by atoms with Crippen LogP contribution in [0.5, 0.6) is 0 Å². The fourth-order valence-corrected chi connectivity index (χ4v) is 3.00. The smallest absolute Gasteiger partial charge is 0.317 e. The molecule has 0 bridgehead atoms. The zero-order valence-corrected chi connectivity index (χ0v) is 11.0. The van der Waals surface area contributed by atoms with Gasteiger partial charge in [0, 0.05) is 24.7 Å². The minimum Gasteiger partial charge on any atom is -0.336 e. The third-order valence-corrected chi connectivity index (χ3v) is 3.79. The van der Waals surface area contributed by atoms with Crippen LogP contribution in [0, 0.1) is 0 Å². The fourth-order valence-electron chi connectivity index (χ4n) is 3.00. The van der Waals surface area contributed by atoms with Gasteiger partial charge in [-0.25, -0.2) is 4.79 Å². The number of nitrogens with zero attached hydrogens (tertiary/aromatic N) is 1. The van der Waals surface area contributed by atoms with Crippen molar-refractivity contribution in [3.05, 3.63) is 0 Å². The highest BCUT2D eigenvalue weighted by Gasteiger charge is 2.34. The van der Waals surface area contributed by atoms with Gasteiger partial charge in [-0.05, 0) is 52.5 Å². The summed E-state index contributed by atoms with van der Waals surface area (Å²) in [5.41, 5.74) is 0. The molecule has 0 radical (unpaired) electrons. The van der Waals surface area contributed by atoms with E-state index in [2.05, 4.69) is 15.5 Å². The van der Waals surface area contributed by atoms with Crippen molar-refractivity contribution >= 4 is 6.03 Å². The van der Waals surface area contributed by atoms with Gasteiger partial charge < -0.3 is 15.5 Å². The number of likely N-dealkylation sites (tertiary alicyclic amines) is 1. The number of amides is 2. The molecule has 2 atom stereocenters. The van der Waals surface area contributed by atoms with E-state index < -0.39 is 0 Å². The van der Waals surface area contributed by atoms with Crippen LogP contribution in [0.25, 0.3) is 0 Å². The van der Waals surface area contributed by atoms with Gasteiger partial charge in [-0.2, -0.15) is 0 Å². The van der Waals surface area contributed by atoms with Crippen LogP contribution in [-0.2, 0) is 0 Å². The summed E-state index contributed by atoms with van der Waals surface area (Å²) in [4.78, 5) is 14.2. The molecule has 0 aromatic carbocycles. The van der Waals surface area contributed by atoms with E-state index in [1.165, 1.54) is 19.3 Å². The van der Waals surface area contributed by atoms with Crippen molar-refractivity contribution in [2.24, 2.45) is 0 Å². The highest BCUT2D eigenvalue weighted by Crippen LogP contribution is 2.24. The normalized spacial score (nSPS) is 29.7. The third-order valence-electron chi connectivity index (χ3n) is 3.79. The Hall–Kier alpha value is -0.770. The van der Waals surface area contributed by atoms with E-state index in [9.17, 15) is 4.79 Å². The SMILES string of the molecule is CC(C)NC(=O)N1CCCCC1C1CCCN1. The van der Waals surface area contributed by atoms with Crippen molar-refractivity contribution < 1.29 is 4.79 Å². The highest BCUT2D eigenvalue weighted by molar-refractivity contribution is 5.75. The van der Waals surface area contributed by atoms with E-state index in [4.69, 9.17) is 0 Å². The second kappa shape index (κ2) is 5.71. The Kier molecular flexibility index (Phi) is 4.26. The molecule has 17 heavy (non-hydrogen) atoms. The molecule has 2 unspecified atom stereocenters. The number of piperidine rings is 1. The van der Waals surface area contributed by atoms with Gasteiger partial charge in [0.1, 0.15) is 0 Å². The monoisotopic (exact) mass is 239 g/mol. The average molecular weight is 239 g/mol. The lowest BCUT2D eigenvalue weighted by atomic mass is 9.95. The van der Waals surface area contributed by atoms with Crippen molar-refractivity contribution in [3.8, 4) is 0 Å². The largest absolute Gasteiger partial charge is 0.336 e. The van der Waals surface area contributed by atoms with Gasteiger partial charge in [0.2, 0.25) is 0 Å².